The van der Waals surface area contributed by atoms with Gasteiger partial charge in [0.25, 0.3) is 0 Å². The fourth-order valence-electron chi connectivity index (χ4n) is 3.29. The van der Waals surface area contributed by atoms with Gasteiger partial charge in [-0.15, -0.1) is 0 Å². The largest absolute Gasteiger partial charge is 0.367 e. The summed E-state index contributed by atoms with van der Waals surface area (Å²) in [5.41, 5.74) is 7.92. The number of hydrogen-bond acceptors (Lipinski definition) is 6. The van der Waals surface area contributed by atoms with Gasteiger partial charge in [0.15, 0.2) is 17.3 Å². The number of nitrogens with zero attached hydrogens (tertiary/aromatic N) is 4. The summed E-state index contributed by atoms with van der Waals surface area (Å²) in [5, 5.41) is 3.42. The normalized spacial score (nSPS) is 11.7. The van der Waals surface area contributed by atoms with E-state index in [4.69, 9.17) is 5.73 Å². The van der Waals surface area contributed by atoms with E-state index in [-0.39, 0.29) is 0 Å². The average Bonchev–Trinajstić information content (AvgIpc) is 3.13. The highest BCUT2D eigenvalue weighted by atomic mass is 16.1. The lowest BCUT2D eigenvalue weighted by Gasteiger charge is -2.30. The Balaban J connectivity index is 1.84. The zero-order valence-electron chi connectivity index (χ0n) is 16.7. The van der Waals surface area contributed by atoms with Gasteiger partial charge in [-0.25, -0.2) is 15.0 Å². The maximum atomic E-state index is 11.3. The first-order valence-electron chi connectivity index (χ1n) is 9.47. The molecule has 3 rings (SSSR count). The SMILES string of the molecule is CC(C)N(CCNc1nc(-c2ccc(C(N)=O)cc2)nc2nc[nH]c12)C(C)C. The number of imidazole rings is 1. The highest BCUT2D eigenvalue weighted by molar-refractivity contribution is 5.93. The lowest BCUT2D eigenvalue weighted by Crippen LogP contribution is -2.40. The highest BCUT2D eigenvalue weighted by Crippen LogP contribution is 2.23. The summed E-state index contributed by atoms with van der Waals surface area (Å²) in [5.74, 6) is 0.795. The number of primary amides is 1. The van der Waals surface area contributed by atoms with Gasteiger partial charge in [0.1, 0.15) is 5.52 Å². The second kappa shape index (κ2) is 8.35. The lowest BCUT2D eigenvalue weighted by atomic mass is 10.1. The van der Waals surface area contributed by atoms with Crippen LogP contribution in [0, 0.1) is 0 Å². The van der Waals surface area contributed by atoms with Crippen LogP contribution in [0.2, 0.25) is 0 Å². The molecule has 2 heterocycles. The Morgan fingerprint density at radius 2 is 1.82 bits per heavy atom. The van der Waals surface area contributed by atoms with Gasteiger partial charge < -0.3 is 16.0 Å². The molecule has 3 aromatic rings. The minimum atomic E-state index is -0.461. The maximum absolute atomic E-state index is 11.3. The molecule has 0 aliphatic carbocycles. The number of carbonyl (C=O) groups excluding carboxylic acids is 1. The first-order chi connectivity index (χ1) is 13.4. The van der Waals surface area contributed by atoms with Crippen LogP contribution in [-0.2, 0) is 0 Å². The molecule has 0 fully saturated rings. The van der Waals surface area contributed by atoms with Gasteiger partial charge in [-0.2, -0.15) is 0 Å². The van der Waals surface area contributed by atoms with Crippen molar-refractivity contribution in [1.29, 1.82) is 0 Å². The van der Waals surface area contributed by atoms with E-state index in [2.05, 4.69) is 57.8 Å². The number of H-pyrrole nitrogens is 1. The fraction of sp³-hybridized carbons (Fsp3) is 0.400. The minimum Gasteiger partial charge on any atom is -0.367 e. The summed E-state index contributed by atoms with van der Waals surface area (Å²) in [6.07, 6.45) is 1.61. The van der Waals surface area contributed by atoms with Crippen molar-refractivity contribution in [3.05, 3.63) is 36.2 Å². The Bertz CT molecular complexity index is 939. The Kier molecular flexibility index (Phi) is 5.89. The molecule has 0 unspecified atom stereocenters. The van der Waals surface area contributed by atoms with Crippen molar-refractivity contribution in [3.63, 3.8) is 0 Å². The number of nitrogens with one attached hydrogen (secondary N) is 2. The third-order valence-corrected chi connectivity index (χ3v) is 4.70. The number of amides is 1. The lowest BCUT2D eigenvalue weighted by molar-refractivity contribution is 0.100. The topological polar surface area (TPSA) is 113 Å². The summed E-state index contributed by atoms with van der Waals surface area (Å²) in [7, 11) is 0. The van der Waals surface area contributed by atoms with Crippen LogP contribution in [0.5, 0.6) is 0 Å². The summed E-state index contributed by atoms with van der Waals surface area (Å²) in [6, 6.07) is 7.86. The zero-order valence-corrected chi connectivity index (χ0v) is 16.7. The highest BCUT2D eigenvalue weighted by Gasteiger charge is 2.15. The third-order valence-electron chi connectivity index (χ3n) is 4.70. The van der Waals surface area contributed by atoms with Crippen LogP contribution < -0.4 is 11.1 Å². The van der Waals surface area contributed by atoms with Gasteiger partial charge in [-0.1, -0.05) is 12.1 Å². The maximum Gasteiger partial charge on any atom is 0.248 e. The Morgan fingerprint density at radius 3 is 2.43 bits per heavy atom. The molecule has 0 spiro atoms. The Morgan fingerprint density at radius 1 is 1.14 bits per heavy atom. The van der Waals surface area contributed by atoms with Crippen molar-refractivity contribution in [2.75, 3.05) is 18.4 Å². The van der Waals surface area contributed by atoms with Gasteiger partial charge in [0.2, 0.25) is 5.91 Å². The zero-order chi connectivity index (χ0) is 20.3. The molecular weight excluding hydrogens is 354 g/mol. The third kappa shape index (κ3) is 4.28. The number of hydrogen-bond donors (Lipinski definition) is 3. The van der Waals surface area contributed by atoms with Crippen LogP contribution >= 0.6 is 0 Å². The van der Waals surface area contributed by atoms with E-state index in [1.54, 1.807) is 30.6 Å². The van der Waals surface area contributed by atoms with E-state index >= 15 is 0 Å². The molecule has 0 atom stereocenters. The smallest absolute Gasteiger partial charge is 0.248 e. The molecule has 8 nitrogen and oxygen atoms in total. The Labute approximate surface area is 164 Å². The molecule has 4 N–H and O–H groups in total. The van der Waals surface area contributed by atoms with Crippen molar-refractivity contribution in [2.45, 2.75) is 39.8 Å². The summed E-state index contributed by atoms with van der Waals surface area (Å²) in [4.78, 5) is 30.3. The van der Waals surface area contributed by atoms with E-state index in [1.807, 2.05) is 0 Å². The van der Waals surface area contributed by atoms with Gasteiger partial charge in [0, 0.05) is 36.3 Å². The quantitative estimate of drug-likeness (QED) is 0.553. The van der Waals surface area contributed by atoms with Crippen molar-refractivity contribution in [3.8, 4) is 11.4 Å². The second-order valence-corrected chi connectivity index (χ2v) is 7.29. The molecule has 1 aromatic carbocycles. The molecule has 0 bridgehead atoms. The van der Waals surface area contributed by atoms with Crippen LogP contribution in [0.1, 0.15) is 38.1 Å². The van der Waals surface area contributed by atoms with Gasteiger partial charge >= 0.3 is 0 Å². The van der Waals surface area contributed by atoms with E-state index in [1.165, 1.54) is 0 Å². The summed E-state index contributed by atoms with van der Waals surface area (Å²) < 4.78 is 0. The number of anilines is 1. The van der Waals surface area contributed by atoms with Crippen molar-refractivity contribution < 1.29 is 4.79 Å². The number of aromatic amines is 1. The number of benzene rings is 1. The molecule has 148 valence electrons. The molecule has 2 aromatic heterocycles. The number of fused-ring (bicyclic) bond motifs is 1. The van der Waals surface area contributed by atoms with Crippen LogP contribution in [-0.4, -0.2) is 55.9 Å². The van der Waals surface area contributed by atoms with Gasteiger partial charge in [0.05, 0.1) is 6.33 Å². The summed E-state index contributed by atoms with van der Waals surface area (Å²) >= 11 is 0. The van der Waals surface area contributed by atoms with Crippen LogP contribution in [0.25, 0.3) is 22.6 Å². The van der Waals surface area contributed by atoms with Crippen LogP contribution in [0.3, 0.4) is 0 Å². The van der Waals surface area contributed by atoms with Crippen LogP contribution in [0.4, 0.5) is 5.82 Å². The molecule has 0 saturated carbocycles. The number of rotatable bonds is 8. The molecular formula is C20H27N7O. The van der Waals surface area contributed by atoms with Gasteiger partial charge in [-0.05, 0) is 39.8 Å². The first-order valence-corrected chi connectivity index (χ1v) is 9.47. The average molecular weight is 381 g/mol. The predicted octanol–water partition coefficient (Wildman–Crippen LogP) is 2.65. The standard InChI is InChI=1S/C20H27N7O/c1-12(2)27(13(3)4)10-9-22-19-16-20(24-11-23-16)26-18(25-19)15-7-5-14(6-8-15)17(21)28/h5-8,11-13H,9-10H2,1-4H3,(H2,21,28)(H2,22,23,24,25,26). The molecule has 1 amide bonds. The van der Waals surface area contributed by atoms with Crippen molar-refractivity contribution >= 4 is 22.9 Å². The van der Waals surface area contributed by atoms with E-state index in [0.717, 1.165) is 24.2 Å². The molecule has 0 aliphatic heterocycles. The van der Waals surface area contributed by atoms with Crippen LogP contribution in [0.15, 0.2) is 30.6 Å². The van der Waals surface area contributed by atoms with Gasteiger partial charge in [-0.3, -0.25) is 9.69 Å². The predicted molar refractivity (Wildman–Crippen MR) is 111 cm³/mol. The van der Waals surface area contributed by atoms with Crippen molar-refractivity contribution in [1.82, 2.24) is 24.8 Å². The van der Waals surface area contributed by atoms with E-state index < -0.39 is 5.91 Å². The van der Waals surface area contributed by atoms with E-state index in [0.29, 0.717) is 34.9 Å². The number of nitrogens with two attached hydrogens (primary N) is 1. The molecule has 0 aliphatic rings. The van der Waals surface area contributed by atoms with Crippen molar-refractivity contribution in [2.24, 2.45) is 5.73 Å². The fourth-order valence-corrected chi connectivity index (χ4v) is 3.29. The molecule has 8 heteroatoms. The molecule has 0 saturated heterocycles. The Hall–Kier alpha value is -3.00. The number of aromatic nitrogens is 4. The molecule has 0 radical (unpaired) electrons. The summed E-state index contributed by atoms with van der Waals surface area (Å²) in [6.45, 7) is 10.5. The second-order valence-electron chi connectivity index (χ2n) is 7.29. The monoisotopic (exact) mass is 381 g/mol. The molecule has 28 heavy (non-hydrogen) atoms. The first kappa shape index (κ1) is 19.8. The number of carbonyl (C=O) groups is 1. The minimum absolute atomic E-state index is 0.449. The van der Waals surface area contributed by atoms with E-state index in [9.17, 15) is 4.79 Å².